The molecule has 8 nitrogen and oxygen atoms in total. The first-order valence-corrected chi connectivity index (χ1v) is 15.2. The highest BCUT2D eigenvalue weighted by Gasteiger charge is 2.69. The number of carbonyl (C=O) groups is 3. The van der Waals surface area contributed by atoms with Gasteiger partial charge in [-0.1, -0.05) is 6.42 Å². The zero-order chi connectivity index (χ0) is 30.8. The molecule has 0 spiro atoms. The van der Waals surface area contributed by atoms with Crippen molar-refractivity contribution in [2.45, 2.75) is 114 Å². The minimum atomic E-state index is -4.48. The fraction of sp³-hybridized carbons (Fsp3) is 0.793. The van der Waals surface area contributed by atoms with Gasteiger partial charge in [0.1, 0.15) is 11.8 Å². The van der Waals surface area contributed by atoms with Gasteiger partial charge >= 0.3 is 18.2 Å². The smallest absolute Gasteiger partial charge is 0.410 e. The van der Waals surface area contributed by atoms with E-state index in [9.17, 15) is 32.7 Å². The SMILES string of the molecule is CC(C)(C)OC(=O)N1CCc2c(C3CCC(C(=O)O)CC3F)nn(C(=O)C3C(Cl)CCCC3C3(C(F)(F)F)CC3)c2C1. The zero-order valence-electron chi connectivity index (χ0n) is 24.1. The number of ether oxygens (including phenoxy) is 1. The van der Waals surface area contributed by atoms with E-state index in [1.165, 1.54) is 4.90 Å². The number of rotatable bonds is 4. The first-order valence-electron chi connectivity index (χ1n) is 14.7. The van der Waals surface area contributed by atoms with Crippen LogP contribution in [0.15, 0.2) is 0 Å². The van der Waals surface area contributed by atoms with Crippen LogP contribution in [0.4, 0.5) is 22.4 Å². The van der Waals surface area contributed by atoms with Crippen LogP contribution in [0, 0.1) is 23.2 Å². The Morgan fingerprint density at radius 2 is 1.79 bits per heavy atom. The van der Waals surface area contributed by atoms with E-state index < -0.39 is 70.4 Å². The van der Waals surface area contributed by atoms with E-state index >= 15 is 4.39 Å². The Bertz CT molecular complexity index is 1240. The van der Waals surface area contributed by atoms with E-state index in [1.807, 2.05) is 0 Å². The number of amides is 1. The Hall–Kier alpha value is -2.37. The number of carbonyl (C=O) groups excluding carboxylic acids is 2. The van der Waals surface area contributed by atoms with Gasteiger partial charge in [0.05, 0.1) is 35.2 Å². The number of hydrogen-bond donors (Lipinski definition) is 1. The van der Waals surface area contributed by atoms with E-state index in [1.54, 1.807) is 20.8 Å². The molecule has 4 aliphatic rings. The van der Waals surface area contributed by atoms with Gasteiger partial charge in [-0.15, -0.1) is 11.6 Å². The largest absolute Gasteiger partial charge is 0.481 e. The molecule has 42 heavy (non-hydrogen) atoms. The van der Waals surface area contributed by atoms with Crippen molar-refractivity contribution in [2.24, 2.45) is 23.2 Å². The highest BCUT2D eigenvalue weighted by Crippen LogP contribution is 2.66. The molecular weight excluding hydrogens is 582 g/mol. The van der Waals surface area contributed by atoms with Crippen LogP contribution >= 0.6 is 11.6 Å². The van der Waals surface area contributed by atoms with E-state index in [0.29, 0.717) is 29.8 Å². The van der Waals surface area contributed by atoms with E-state index in [-0.39, 0.29) is 58.0 Å². The van der Waals surface area contributed by atoms with Crippen molar-refractivity contribution < 1.29 is 41.8 Å². The van der Waals surface area contributed by atoms with Gasteiger partial charge in [0.2, 0.25) is 0 Å². The minimum absolute atomic E-state index is 0.0558. The summed E-state index contributed by atoms with van der Waals surface area (Å²) in [7, 11) is 0. The molecule has 3 fully saturated rings. The summed E-state index contributed by atoms with van der Waals surface area (Å²) in [6.07, 6.45) is -5.15. The van der Waals surface area contributed by atoms with Crippen LogP contribution in [0.25, 0.3) is 0 Å². The second-order valence-corrected chi connectivity index (χ2v) is 14.0. The van der Waals surface area contributed by atoms with Crippen LogP contribution in [-0.4, -0.2) is 67.6 Å². The number of nitrogens with zero attached hydrogens (tertiary/aromatic N) is 3. The first kappa shape index (κ1) is 31.1. The van der Waals surface area contributed by atoms with Crippen molar-refractivity contribution in [2.75, 3.05) is 6.54 Å². The third-order valence-corrected chi connectivity index (χ3v) is 10.1. The lowest BCUT2D eigenvalue weighted by Crippen LogP contribution is -2.47. The van der Waals surface area contributed by atoms with Crippen LogP contribution in [0.2, 0.25) is 0 Å². The summed E-state index contributed by atoms with van der Waals surface area (Å²) in [4.78, 5) is 40.1. The average molecular weight is 620 g/mol. The minimum Gasteiger partial charge on any atom is -0.481 e. The Kier molecular flexibility index (Phi) is 8.11. The van der Waals surface area contributed by atoms with Crippen molar-refractivity contribution in [3.63, 3.8) is 0 Å². The molecule has 1 N–H and O–H groups in total. The summed E-state index contributed by atoms with van der Waals surface area (Å²) in [6.45, 7) is 5.30. The lowest BCUT2D eigenvalue weighted by atomic mass is 9.69. The van der Waals surface area contributed by atoms with Gasteiger partial charge < -0.3 is 14.7 Å². The maximum Gasteiger partial charge on any atom is 0.410 e. The number of carboxylic acid groups (broad SMARTS) is 1. The Morgan fingerprint density at radius 1 is 1.10 bits per heavy atom. The number of aromatic nitrogens is 2. The number of halogens is 5. The monoisotopic (exact) mass is 619 g/mol. The summed E-state index contributed by atoms with van der Waals surface area (Å²) in [5.74, 6) is -5.48. The molecule has 0 aromatic carbocycles. The molecule has 1 aliphatic heterocycles. The number of fused-ring (bicyclic) bond motifs is 1. The van der Waals surface area contributed by atoms with Crippen molar-refractivity contribution in [3.8, 4) is 0 Å². The van der Waals surface area contributed by atoms with Crippen LogP contribution in [0.3, 0.4) is 0 Å². The number of aliphatic carboxylic acids is 1. The standard InChI is InChI=1S/C29H38ClF4N3O5/c1-27(2,3)42-26(41)36-12-9-17-21(14-36)37(35-23(17)16-8-7-15(25(39)40)13-20(16)31)24(38)22-18(5-4-6-19(22)30)28(10-11-28)29(32,33)34/h15-16,18-20,22H,4-14H2,1-3H3,(H,39,40). The molecule has 1 amide bonds. The molecule has 3 saturated carbocycles. The summed E-state index contributed by atoms with van der Waals surface area (Å²) >= 11 is 6.64. The molecule has 13 heteroatoms. The summed E-state index contributed by atoms with van der Waals surface area (Å²) in [6, 6.07) is 0. The van der Waals surface area contributed by atoms with E-state index in [2.05, 4.69) is 5.10 Å². The molecule has 1 aromatic rings. The van der Waals surface area contributed by atoms with Gasteiger partial charge in [-0.3, -0.25) is 9.59 Å². The zero-order valence-corrected chi connectivity index (χ0v) is 24.8. The van der Waals surface area contributed by atoms with Gasteiger partial charge in [0.15, 0.2) is 0 Å². The van der Waals surface area contributed by atoms with Crippen LogP contribution in [-0.2, 0) is 22.5 Å². The van der Waals surface area contributed by atoms with Gasteiger partial charge in [0.25, 0.3) is 5.91 Å². The highest BCUT2D eigenvalue weighted by atomic mass is 35.5. The molecule has 0 bridgehead atoms. The normalized spacial score (nSPS) is 31.3. The lowest BCUT2D eigenvalue weighted by molar-refractivity contribution is -0.209. The fourth-order valence-electron chi connectivity index (χ4n) is 7.29. The third kappa shape index (κ3) is 5.64. The van der Waals surface area contributed by atoms with E-state index in [4.69, 9.17) is 16.3 Å². The molecule has 0 radical (unpaired) electrons. The molecule has 6 unspecified atom stereocenters. The van der Waals surface area contributed by atoms with Gasteiger partial charge in [-0.2, -0.15) is 18.3 Å². The van der Waals surface area contributed by atoms with Crippen LogP contribution in [0.1, 0.15) is 99.8 Å². The average Bonchev–Trinajstić information content (AvgIpc) is 3.63. The van der Waals surface area contributed by atoms with Gasteiger partial charge in [0, 0.05) is 23.4 Å². The molecule has 3 aliphatic carbocycles. The molecule has 5 rings (SSSR count). The van der Waals surface area contributed by atoms with Crippen LogP contribution in [0.5, 0.6) is 0 Å². The molecule has 2 heterocycles. The summed E-state index contributed by atoms with van der Waals surface area (Å²) in [5.41, 5.74) is -1.52. The lowest BCUT2D eigenvalue weighted by Gasteiger charge is -2.40. The van der Waals surface area contributed by atoms with Crippen molar-refractivity contribution in [1.29, 1.82) is 0 Å². The molecular formula is C29H38ClF4N3O5. The first-order chi connectivity index (χ1) is 19.5. The second-order valence-electron chi connectivity index (χ2n) is 13.4. The molecule has 234 valence electrons. The quantitative estimate of drug-likeness (QED) is 0.305. The van der Waals surface area contributed by atoms with Crippen molar-refractivity contribution in [3.05, 3.63) is 17.0 Å². The van der Waals surface area contributed by atoms with E-state index in [0.717, 1.165) is 4.68 Å². The number of carboxylic acids is 1. The molecule has 6 atom stereocenters. The predicted octanol–water partition coefficient (Wildman–Crippen LogP) is 6.49. The Labute approximate surface area is 247 Å². The molecule has 0 saturated heterocycles. The Balaban J connectivity index is 1.53. The second kappa shape index (κ2) is 11.0. The topological polar surface area (TPSA) is 102 Å². The Morgan fingerprint density at radius 3 is 2.36 bits per heavy atom. The van der Waals surface area contributed by atoms with Crippen LogP contribution < -0.4 is 0 Å². The molecule has 1 aromatic heterocycles. The predicted molar refractivity (Wildman–Crippen MR) is 144 cm³/mol. The van der Waals surface area contributed by atoms with Gasteiger partial charge in [-0.05, 0) is 78.1 Å². The number of alkyl halides is 5. The highest BCUT2D eigenvalue weighted by molar-refractivity contribution is 6.22. The van der Waals surface area contributed by atoms with Gasteiger partial charge in [-0.25, -0.2) is 13.9 Å². The fourth-order valence-corrected chi connectivity index (χ4v) is 7.72. The number of hydrogen-bond acceptors (Lipinski definition) is 5. The summed E-state index contributed by atoms with van der Waals surface area (Å²) in [5, 5.41) is 13.1. The maximum atomic E-state index is 15.5. The maximum absolute atomic E-state index is 15.5. The van der Waals surface area contributed by atoms with Crippen molar-refractivity contribution >= 4 is 29.6 Å². The summed E-state index contributed by atoms with van der Waals surface area (Å²) < 4.78 is 64.8. The van der Waals surface area contributed by atoms with Crippen molar-refractivity contribution in [1.82, 2.24) is 14.7 Å². The third-order valence-electron chi connectivity index (χ3n) is 9.59.